The summed E-state index contributed by atoms with van der Waals surface area (Å²) in [6.07, 6.45) is -3.28. The number of benzene rings is 2. The van der Waals surface area contributed by atoms with Gasteiger partial charge < -0.3 is 0 Å². The van der Waals surface area contributed by atoms with Gasteiger partial charge in [0.15, 0.2) is 0 Å². The Balaban J connectivity index is 2.13. The van der Waals surface area contributed by atoms with Crippen molar-refractivity contribution in [3.05, 3.63) is 59.7 Å². The molecule has 0 spiro atoms. The molecule has 0 bridgehead atoms. The molecule has 0 heterocycles. The Labute approximate surface area is 133 Å². The zero-order valence-electron chi connectivity index (χ0n) is 10.5. The number of hydrogen-bond acceptors (Lipinski definition) is 1. The lowest BCUT2D eigenvalue weighted by atomic mass is 10.2. The van der Waals surface area contributed by atoms with E-state index < -0.39 is 11.7 Å². The maximum atomic E-state index is 12.6. The second kappa shape index (κ2) is 6.85. The number of aryl methyl sites for hydroxylation is 1. The standard InChI is InChI=1S/C15H12F3IS/c16-15(17,18)12-2-1-3-14(10-12)20-13-6-4-11(5-7-13)8-9-19/h1-7,10H,8-9H2. The molecule has 0 aliphatic carbocycles. The van der Waals surface area contributed by atoms with Gasteiger partial charge >= 0.3 is 6.18 Å². The number of hydrogen-bond donors (Lipinski definition) is 0. The van der Waals surface area contributed by atoms with Crippen molar-refractivity contribution < 1.29 is 13.2 Å². The van der Waals surface area contributed by atoms with E-state index in [1.165, 1.54) is 29.5 Å². The predicted molar refractivity (Wildman–Crippen MR) is 84.6 cm³/mol. The quantitative estimate of drug-likeness (QED) is 0.453. The smallest absolute Gasteiger partial charge is 0.166 e. The van der Waals surface area contributed by atoms with Crippen molar-refractivity contribution in [2.24, 2.45) is 0 Å². The Kier molecular flexibility index (Phi) is 5.37. The van der Waals surface area contributed by atoms with Gasteiger partial charge in [-0.1, -0.05) is 52.6 Å². The highest BCUT2D eigenvalue weighted by Crippen LogP contribution is 2.34. The fourth-order valence-corrected chi connectivity index (χ4v) is 3.20. The van der Waals surface area contributed by atoms with Crippen LogP contribution in [-0.2, 0) is 12.6 Å². The van der Waals surface area contributed by atoms with Gasteiger partial charge in [0, 0.05) is 14.2 Å². The second-order valence-corrected chi connectivity index (χ2v) is 6.44. The van der Waals surface area contributed by atoms with E-state index in [9.17, 15) is 13.2 Å². The first-order chi connectivity index (χ1) is 9.49. The second-order valence-electron chi connectivity index (χ2n) is 4.21. The van der Waals surface area contributed by atoms with E-state index >= 15 is 0 Å². The Morgan fingerprint density at radius 3 is 2.25 bits per heavy atom. The first-order valence-corrected chi connectivity index (χ1v) is 8.33. The molecular formula is C15H12F3IS. The van der Waals surface area contributed by atoms with Gasteiger partial charge in [0.1, 0.15) is 0 Å². The van der Waals surface area contributed by atoms with Gasteiger partial charge in [0.25, 0.3) is 0 Å². The topological polar surface area (TPSA) is 0 Å². The molecule has 0 aliphatic heterocycles. The normalized spacial score (nSPS) is 11.6. The number of rotatable bonds is 4. The van der Waals surface area contributed by atoms with Crippen LogP contribution in [0.15, 0.2) is 58.3 Å². The summed E-state index contributed by atoms with van der Waals surface area (Å²) in [6, 6.07) is 13.4. The number of halogens is 4. The van der Waals surface area contributed by atoms with Gasteiger partial charge in [-0.15, -0.1) is 0 Å². The molecule has 0 amide bonds. The molecule has 0 fully saturated rings. The third kappa shape index (κ3) is 4.41. The highest BCUT2D eigenvalue weighted by Gasteiger charge is 2.30. The molecule has 0 aliphatic rings. The van der Waals surface area contributed by atoms with E-state index in [-0.39, 0.29) is 0 Å². The summed E-state index contributed by atoms with van der Waals surface area (Å²) in [4.78, 5) is 1.54. The van der Waals surface area contributed by atoms with Crippen LogP contribution in [0.5, 0.6) is 0 Å². The molecule has 2 aromatic rings. The fraction of sp³-hybridized carbons (Fsp3) is 0.200. The summed E-state index contributed by atoms with van der Waals surface area (Å²) in [7, 11) is 0. The first kappa shape index (κ1) is 15.7. The highest BCUT2D eigenvalue weighted by atomic mass is 127. The van der Waals surface area contributed by atoms with Gasteiger partial charge in [-0.05, 0) is 42.3 Å². The summed E-state index contributed by atoms with van der Waals surface area (Å²) < 4.78 is 39.0. The number of alkyl halides is 4. The Morgan fingerprint density at radius 1 is 0.950 bits per heavy atom. The highest BCUT2D eigenvalue weighted by molar-refractivity contribution is 14.1. The molecule has 0 saturated heterocycles. The molecule has 0 saturated carbocycles. The molecule has 0 nitrogen and oxygen atoms in total. The van der Waals surface area contributed by atoms with E-state index in [1.54, 1.807) is 6.07 Å². The summed E-state index contributed by atoms with van der Waals surface area (Å²) >= 11 is 3.66. The summed E-state index contributed by atoms with van der Waals surface area (Å²) in [6.45, 7) is 0. The molecular weight excluding hydrogens is 396 g/mol. The molecule has 0 radical (unpaired) electrons. The van der Waals surface area contributed by atoms with E-state index in [0.29, 0.717) is 4.90 Å². The van der Waals surface area contributed by atoms with Crippen LogP contribution in [0.25, 0.3) is 0 Å². The molecule has 2 rings (SSSR count). The van der Waals surface area contributed by atoms with Gasteiger partial charge in [0.05, 0.1) is 5.56 Å². The van der Waals surface area contributed by atoms with Crippen LogP contribution in [0.3, 0.4) is 0 Å². The molecule has 2 aromatic carbocycles. The minimum atomic E-state index is -4.29. The summed E-state index contributed by atoms with van der Waals surface area (Å²) in [5.41, 5.74) is 0.636. The lowest BCUT2D eigenvalue weighted by Crippen LogP contribution is -2.04. The fourth-order valence-electron chi connectivity index (χ4n) is 1.71. The summed E-state index contributed by atoms with van der Waals surface area (Å²) in [5, 5.41) is 0. The van der Waals surface area contributed by atoms with Crippen LogP contribution >= 0.6 is 34.4 Å². The molecule has 5 heteroatoms. The van der Waals surface area contributed by atoms with E-state index in [2.05, 4.69) is 22.6 Å². The largest absolute Gasteiger partial charge is 0.416 e. The van der Waals surface area contributed by atoms with Crippen molar-refractivity contribution in [1.29, 1.82) is 0 Å². The molecule has 0 atom stereocenters. The molecule has 0 N–H and O–H groups in total. The van der Waals surface area contributed by atoms with Crippen molar-refractivity contribution in [3.8, 4) is 0 Å². The van der Waals surface area contributed by atoms with E-state index in [4.69, 9.17) is 0 Å². The van der Waals surface area contributed by atoms with Crippen molar-refractivity contribution in [2.45, 2.75) is 22.4 Å². The SMILES string of the molecule is FC(F)(F)c1cccc(Sc2ccc(CCI)cc2)c1. The monoisotopic (exact) mass is 408 g/mol. The molecule has 20 heavy (non-hydrogen) atoms. The lowest BCUT2D eigenvalue weighted by molar-refractivity contribution is -0.137. The van der Waals surface area contributed by atoms with Crippen molar-refractivity contribution in [3.63, 3.8) is 0 Å². The van der Waals surface area contributed by atoms with Gasteiger partial charge in [-0.3, -0.25) is 0 Å². The Morgan fingerprint density at radius 2 is 1.65 bits per heavy atom. The molecule has 0 unspecified atom stereocenters. The van der Waals surface area contributed by atoms with Gasteiger partial charge in [-0.25, -0.2) is 0 Å². The van der Waals surface area contributed by atoms with Crippen LogP contribution in [0.2, 0.25) is 0 Å². The van der Waals surface area contributed by atoms with E-state index in [1.807, 2.05) is 24.3 Å². The van der Waals surface area contributed by atoms with Crippen LogP contribution < -0.4 is 0 Å². The third-order valence-electron chi connectivity index (χ3n) is 2.70. The van der Waals surface area contributed by atoms with Crippen LogP contribution in [0.1, 0.15) is 11.1 Å². The Bertz CT molecular complexity index is 564. The third-order valence-corrected chi connectivity index (χ3v) is 4.24. The average Bonchev–Trinajstić information content (AvgIpc) is 2.41. The zero-order valence-corrected chi connectivity index (χ0v) is 13.4. The zero-order chi connectivity index (χ0) is 14.6. The van der Waals surface area contributed by atoms with Crippen LogP contribution in [0.4, 0.5) is 13.2 Å². The molecule has 0 aromatic heterocycles. The summed E-state index contributed by atoms with van der Waals surface area (Å²) in [5.74, 6) is 0. The van der Waals surface area contributed by atoms with Crippen molar-refractivity contribution in [1.82, 2.24) is 0 Å². The van der Waals surface area contributed by atoms with Gasteiger partial charge in [-0.2, -0.15) is 13.2 Å². The average molecular weight is 408 g/mol. The molecule has 106 valence electrons. The van der Waals surface area contributed by atoms with Crippen molar-refractivity contribution in [2.75, 3.05) is 4.43 Å². The first-order valence-electron chi connectivity index (χ1n) is 5.99. The lowest BCUT2D eigenvalue weighted by Gasteiger charge is -2.08. The Hall–Kier alpha value is -0.690. The van der Waals surface area contributed by atoms with E-state index in [0.717, 1.165) is 21.8 Å². The minimum absolute atomic E-state index is 0.599. The predicted octanol–water partition coefficient (Wildman–Crippen LogP) is 5.83. The van der Waals surface area contributed by atoms with Gasteiger partial charge in [0.2, 0.25) is 0 Å². The minimum Gasteiger partial charge on any atom is -0.166 e. The van der Waals surface area contributed by atoms with Crippen LogP contribution in [0, 0.1) is 0 Å². The van der Waals surface area contributed by atoms with Crippen LogP contribution in [-0.4, -0.2) is 4.43 Å². The maximum Gasteiger partial charge on any atom is 0.416 e. The maximum absolute atomic E-state index is 12.6. The van der Waals surface area contributed by atoms with Crippen molar-refractivity contribution >= 4 is 34.4 Å².